The van der Waals surface area contributed by atoms with Crippen molar-refractivity contribution >= 4 is 28.8 Å². The van der Waals surface area contributed by atoms with Gasteiger partial charge in [0.15, 0.2) is 0 Å². The maximum atomic E-state index is 10.9. The van der Waals surface area contributed by atoms with Gasteiger partial charge in [-0.1, -0.05) is 11.6 Å². The van der Waals surface area contributed by atoms with Crippen molar-refractivity contribution in [2.45, 2.75) is 12.8 Å². The van der Waals surface area contributed by atoms with Gasteiger partial charge in [0.05, 0.1) is 5.02 Å². The molecule has 0 radical (unpaired) electrons. The maximum Gasteiger partial charge on any atom is 0.220 e. The molecule has 4 heteroatoms. The smallest absolute Gasteiger partial charge is 0.220 e. The number of carbonyl (C=O) groups is 1. The molecule has 0 aliphatic rings. The molecule has 66 valence electrons. The average molecular weight is 204 g/mol. The van der Waals surface area contributed by atoms with Crippen LogP contribution in [0.1, 0.15) is 11.3 Å². The Bertz CT molecular complexity index is 272. The second-order valence-corrected chi connectivity index (χ2v) is 3.84. The standard InChI is InChI=1S/C8H10ClNOS/c1-10-8(11)3-2-7-4-6(9)5-12-7/h4-5H,2-3H2,1H3,(H,10,11). The quantitative estimate of drug-likeness (QED) is 0.801. The van der Waals surface area contributed by atoms with Crippen LogP contribution in [0.15, 0.2) is 11.4 Å². The fraction of sp³-hybridized carbons (Fsp3) is 0.375. The zero-order valence-electron chi connectivity index (χ0n) is 6.76. The molecule has 0 saturated heterocycles. The second-order valence-electron chi connectivity index (χ2n) is 2.40. The van der Waals surface area contributed by atoms with Gasteiger partial charge < -0.3 is 5.32 Å². The summed E-state index contributed by atoms with van der Waals surface area (Å²) in [6.07, 6.45) is 1.31. The van der Waals surface area contributed by atoms with Crippen LogP contribution in [0.3, 0.4) is 0 Å². The van der Waals surface area contributed by atoms with Gasteiger partial charge in [-0.05, 0) is 12.5 Å². The number of carbonyl (C=O) groups excluding carboxylic acids is 1. The lowest BCUT2D eigenvalue weighted by atomic mass is 10.2. The van der Waals surface area contributed by atoms with Gasteiger partial charge in [-0.25, -0.2) is 0 Å². The molecule has 1 heterocycles. The van der Waals surface area contributed by atoms with Gasteiger partial charge >= 0.3 is 0 Å². The first-order valence-electron chi connectivity index (χ1n) is 3.66. The first kappa shape index (κ1) is 9.55. The molecule has 1 aromatic rings. The summed E-state index contributed by atoms with van der Waals surface area (Å²) in [7, 11) is 1.64. The molecule has 0 fully saturated rings. The van der Waals surface area contributed by atoms with Crippen molar-refractivity contribution in [2.24, 2.45) is 0 Å². The Labute approximate surface area is 80.5 Å². The summed E-state index contributed by atoms with van der Waals surface area (Å²) < 4.78 is 0. The molecule has 12 heavy (non-hydrogen) atoms. The summed E-state index contributed by atoms with van der Waals surface area (Å²) in [5.74, 6) is 0.0690. The van der Waals surface area contributed by atoms with E-state index in [1.165, 1.54) is 0 Å². The lowest BCUT2D eigenvalue weighted by Crippen LogP contribution is -2.17. The van der Waals surface area contributed by atoms with Gasteiger partial charge in [0.1, 0.15) is 0 Å². The molecule has 1 aromatic heterocycles. The predicted molar refractivity (Wildman–Crippen MR) is 51.7 cm³/mol. The number of thiophene rings is 1. The lowest BCUT2D eigenvalue weighted by Gasteiger charge is -1.95. The minimum atomic E-state index is 0.0690. The highest BCUT2D eigenvalue weighted by atomic mass is 35.5. The first-order valence-corrected chi connectivity index (χ1v) is 4.91. The number of aryl methyl sites for hydroxylation is 1. The van der Waals surface area contributed by atoms with Crippen LogP contribution in [0.25, 0.3) is 0 Å². The Balaban J connectivity index is 2.38. The van der Waals surface area contributed by atoms with Crippen LogP contribution in [0.2, 0.25) is 5.02 Å². The Morgan fingerprint density at radius 1 is 1.75 bits per heavy atom. The normalized spacial score (nSPS) is 9.83. The van der Waals surface area contributed by atoms with Crippen molar-refractivity contribution in [1.29, 1.82) is 0 Å². The fourth-order valence-electron chi connectivity index (χ4n) is 0.847. The summed E-state index contributed by atoms with van der Waals surface area (Å²) in [5, 5.41) is 5.21. The Kier molecular flexibility index (Phi) is 3.56. The highest BCUT2D eigenvalue weighted by molar-refractivity contribution is 7.10. The summed E-state index contributed by atoms with van der Waals surface area (Å²) in [6.45, 7) is 0. The van der Waals surface area contributed by atoms with Crippen molar-refractivity contribution in [3.63, 3.8) is 0 Å². The van der Waals surface area contributed by atoms with Crippen LogP contribution in [0.4, 0.5) is 0 Å². The molecule has 0 unspecified atom stereocenters. The molecule has 2 nitrogen and oxygen atoms in total. The molecule has 0 saturated carbocycles. The Hall–Kier alpha value is -0.540. The van der Waals surface area contributed by atoms with E-state index in [4.69, 9.17) is 11.6 Å². The van der Waals surface area contributed by atoms with E-state index < -0.39 is 0 Å². The number of nitrogens with one attached hydrogen (secondary N) is 1. The van der Waals surface area contributed by atoms with Crippen molar-refractivity contribution in [3.05, 3.63) is 21.3 Å². The van der Waals surface area contributed by atoms with Crippen LogP contribution in [-0.2, 0) is 11.2 Å². The largest absolute Gasteiger partial charge is 0.359 e. The molecule has 1 amide bonds. The molecule has 0 spiro atoms. The Morgan fingerprint density at radius 3 is 3.00 bits per heavy atom. The molecule has 1 N–H and O–H groups in total. The fourth-order valence-corrected chi connectivity index (χ4v) is 1.92. The molecular weight excluding hydrogens is 194 g/mol. The van der Waals surface area contributed by atoms with E-state index in [0.29, 0.717) is 6.42 Å². The number of rotatable bonds is 3. The minimum absolute atomic E-state index is 0.0690. The first-order chi connectivity index (χ1) is 5.72. The van der Waals surface area contributed by atoms with Crippen LogP contribution >= 0.6 is 22.9 Å². The zero-order valence-corrected chi connectivity index (χ0v) is 8.34. The molecular formula is C8H10ClNOS. The van der Waals surface area contributed by atoms with Gasteiger partial charge in [-0.3, -0.25) is 4.79 Å². The van der Waals surface area contributed by atoms with Gasteiger partial charge in [-0.2, -0.15) is 0 Å². The Morgan fingerprint density at radius 2 is 2.50 bits per heavy atom. The van der Waals surface area contributed by atoms with Gasteiger partial charge in [0.25, 0.3) is 0 Å². The van der Waals surface area contributed by atoms with Crippen molar-refractivity contribution in [2.75, 3.05) is 7.05 Å². The van der Waals surface area contributed by atoms with Crippen LogP contribution in [0, 0.1) is 0 Å². The number of amides is 1. The molecule has 1 rings (SSSR count). The second kappa shape index (κ2) is 4.48. The average Bonchev–Trinajstić information content (AvgIpc) is 2.47. The van der Waals surface area contributed by atoms with Gasteiger partial charge in [-0.15, -0.1) is 11.3 Å². The summed E-state index contributed by atoms with van der Waals surface area (Å²) in [4.78, 5) is 12.0. The van der Waals surface area contributed by atoms with E-state index in [9.17, 15) is 4.79 Å². The number of halogens is 1. The van der Waals surface area contributed by atoms with Crippen LogP contribution in [0.5, 0.6) is 0 Å². The molecule has 0 aromatic carbocycles. The molecule has 0 bridgehead atoms. The van der Waals surface area contributed by atoms with Crippen LogP contribution < -0.4 is 5.32 Å². The van der Waals surface area contributed by atoms with Crippen molar-refractivity contribution in [1.82, 2.24) is 5.32 Å². The van der Waals surface area contributed by atoms with E-state index in [1.54, 1.807) is 18.4 Å². The van der Waals surface area contributed by atoms with E-state index >= 15 is 0 Å². The summed E-state index contributed by atoms with van der Waals surface area (Å²) in [6, 6.07) is 1.90. The van der Waals surface area contributed by atoms with E-state index in [-0.39, 0.29) is 5.91 Å². The number of hydrogen-bond donors (Lipinski definition) is 1. The summed E-state index contributed by atoms with van der Waals surface area (Å²) >= 11 is 7.31. The zero-order chi connectivity index (χ0) is 8.97. The van der Waals surface area contributed by atoms with E-state index in [1.807, 2.05) is 11.4 Å². The minimum Gasteiger partial charge on any atom is -0.359 e. The highest BCUT2D eigenvalue weighted by Crippen LogP contribution is 2.20. The van der Waals surface area contributed by atoms with Crippen molar-refractivity contribution < 1.29 is 4.79 Å². The SMILES string of the molecule is CNC(=O)CCc1cc(Cl)cs1. The third-order valence-corrected chi connectivity index (χ3v) is 2.84. The summed E-state index contributed by atoms with van der Waals surface area (Å²) in [5.41, 5.74) is 0. The third kappa shape index (κ3) is 2.83. The lowest BCUT2D eigenvalue weighted by molar-refractivity contribution is -0.120. The third-order valence-electron chi connectivity index (χ3n) is 1.50. The molecule has 0 atom stereocenters. The topological polar surface area (TPSA) is 29.1 Å². The predicted octanol–water partition coefficient (Wildman–Crippen LogP) is 2.08. The van der Waals surface area contributed by atoms with Crippen molar-refractivity contribution in [3.8, 4) is 0 Å². The maximum absolute atomic E-state index is 10.9. The van der Waals surface area contributed by atoms with Crippen LogP contribution in [-0.4, -0.2) is 13.0 Å². The van der Waals surface area contributed by atoms with E-state index in [2.05, 4.69) is 5.32 Å². The molecule has 0 aliphatic carbocycles. The molecule has 0 aliphatic heterocycles. The highest BCUT2D eigenvalue weighted by Gasteiger charge is 2.01. The monoisotopic (exact) mass is 203 g/mol. The van der Waals surface area contributed by atoms with Gasteiger partial charge in [0.2, 0.25) is 5.91 Å². The van der Waals surface area contributed by atoms with E-state index in [0.717, 1.165) is 16.3 Å². The van der Waals surface area contributed by atoms with Gasteiger partial charge in [0, 0.05) is 23.7 Å². The number of hydrogen-bond acceptors (Lipinski definition) is 2.